The summed E-state index contributed by atoms with van der Waals surface area (Å²) in [5.74, 6) is -0.615. The molecule has 4 N–H and O–H groups in total. The maximum absolute atomic E-state index is 12.7. The second-order valence-electron chi connectivity index (χ2n) is 10.1. The number of nitrogens with two attached hydrogens (primary N) is 2. The molecule has 12 nitrogen and oxygen atoms in total. The second kappa shape index (κ2) is 8.43. The van der Waals surface area contributed by atoms with Crippen LogP contribution >= 0.6 is 22.6 Å². The van der Waals surface area contributed by atoms with Crippen molar-refractivity contribution in [3.8, 4) is 0 Å². The van der Waals surface area contributed by atoms with Gasteiger partial charge in [0.25, 0.3) is 0 Å². The molecule has 1 saturated heterocycles. The Morgan fingerprint density at radius 3 is 2.59 bits per heavy atom. The highest BCUT2D eigenvalue weighted by atomic mass is 127. The number of aromatic nitrogens is 3. The first-order valence-electron chi connectivity index (χ1n) is 10.7. The van der Waals surface area contributed by atoms with Crippen molar-refractivity contribution in [1.29, 1.82) is 0 Å². The third-order valence-corrected chi connectivity index (χ3v) is 7.33. The Labute approximate surface area is 211 Å². The van der Waals surface area contributed by atoms with Gasteiger partial charge in [-0.05, 0) is 63.6 Å². The molecular weight excluding hydrogens is 579 g/mol. The largest absolute Gasteiger partial charge is 0.426 e. The zero-order chi connectivity index (χ0) is 25.2. The van der Waals surface area contributed by atoms with Gasteiger partial charge in [-0.1, -0.05) is 0 Å². The molecule has 0 bridgehead atoms. The predicted molar refractivity (Wildman–Crippen MR) is 132 cm³/mol. The van der Waals surface area contributed by atoms with Crippen molar-refractivity contribution in [2.75, 3.05) is 12.3 Å². The molecule has 1 saturated carbocycles. The molecule has 4 atom stereocenters. The lowest BCUT2D eigenvalue weighted by atomic mass is 10.00. The van der Waals surface area contributed by atoms with E-state index in [4.69, 9.17) is 20.3 Å². The molecule has 2 aromatic rings. The lowest BCUT2D eigenvalue weighted by molar-refractivity contribution is -0.161. The van der Waals surface area contributed by atoms with Crippen LogP contribution in [0.15, 0.2) is 12.5 Å². The van der Waals surface area contributed by atoms with Crippen LogP contribution in [0, 0.1) is 9.49 Å². The number of rotatable bonds is 4. The number of hydrogen-bond donors (Lipinski definition) is 2. The van der Waals surface area contributed by atoms with Gasteiger partial charge in [-0.15, -0.1) is 0 Å². The summed E-state index contributed by atoms with van der Waals surface area (Å²) in [5, 5.41) is 5.72. The fourth-order valence-electron chi connectivity index (χ4n) is 4.82. The van der Waals surface area contributed by atoms with Gasteiger partial charge >= 0.3 is 16.4 Å². The Morgan fingerprint density at radius 1 is 1.32 bits per heavy atom. The highest BCUT2D eigenvalue weighted by Crippen LogP contribution is 2.48. The van der Waals surface area contributed by atoms with Gasteiger partial charge in [0, 0.05) is 27.8 Å². The number of ether oxygens (including phenoxy) is 2. The van der Waals surface area contributed by atoms with Crippen molar-refractivity contribution in [2.24, 2.45) is 11.1 Å². The van der Waals surface area contributed by atoms with Crippen LogP contribution in [0.1, 0.15) is 47.1 Å². The number of nitrogens with zero attached hydrogens (tertiary/aromatic N) is 4. The molecule has 0 radical (unpaired) electrons. The van der Waals surface area contributed by atoms with E-state index >= 15 is 0 Å². The first kappa shape index (κ1) is 25.3. The fraction of sp³-hybridized carbons (Fsp3) is 0.650. The summed E-state index contributed by atoms with van der Waals surface area (Å²) in [7, 11) is -4.46. The summed E-state index contributed by atoms with van der Waals surface area (Å²) in [6, 6.07) is -0.159. The highest BCUT2D eigenvalue weighted by Gasteiger charge is 2.55. The number of amides is 1. The Bertz CT molecular complexity index is 1230. The molecule has 0 aromatic carbocycles. The van der Waals surface area contributed by atoms with Gasteiger partial charge in [-0.2, -0.15) is 13.6 Å². The first-order chi connectivity index (χ1) is 15.6. The molecule has 2 aliphatic rings. The Kier molecular flexibility index (Phi) is 6.28. The maximum Gasteiger partial charge on any atom is 0.426 e. The highest BCUT2D eigenvalue weighted by molar-refractivity contribution is 14.1. The third-order valence-electron chi connectivity index (χ3n) is 6.14. The summed E-state index contributed by atoms with van der Waals surface area (Å²) in [5.41, 5.74) is 6.06. The standard InChI is InChI=1S/C20H29IN6O6S/c1-19(2,3)27(18(28)33-34(23,29)30)7-10-6-12(15-14(10)31-20(4,5)32-15)26-8-11(21)13-16(22)24-9-25-17(13)26/h8-10,12,14-15H,6-7H2,1-5H3,(H2,22,24,25)(H2,23,29,30)/t10-,12-,14-,15+/m1/s1. The van der Waals surface area contributed by atoms with Gasteiger partial charge < -0.3 is 28.9 Å². The average Bonchev–Trinajstić information content (AvgIpc) is 3.26. The molecule has 4 rings (SSSR count). The van der Waals surface area contributed by atoms with E-state index in [0.29, 0.717) is 17.9 Å². The van der Waals surface area contributed by atoms with E-state index in [1.54, 1.807) is 20.8 Å². The van der Waals surface area contributed by atoms with E-state index in [1.165, 1.54) is 11.2 Å². The molecule has 34 heavy (non-hydrogen) atoms. The predicted octanol–water partition coefficient (Wildman–Crippen LogP) is 2.14. The van der Waals surface area contributed by atoms with E-state index in [0.717, 1.165) is 8.96 Å². The lowest BCUT2D eigenvalue weighted by Crippen LogP contribution is -2.50. The van der Waals surface area contributed by atoms with Crippen LogP contribution in [0.25, 0.3) is 11.0 Å². The zero-order valence-corrected chi connectivity index (χ0v) is 22.5. The molecule has 2 aromatic heterocycles. The van der Waals surface area contributed by atoms with Gasteiger partial charge in [0.1, 0.15) is 23.9 Å². The number of anilines is 1. The van der Waals surface area contributed by atoms with Crippen molar-refractivity contribution >= 4 is 55.8 Å². The summed E-state index contributed by atoms with van der Waals surface area (Å²) >= 11 is 2.20. The average molecular weight is 608 g/mol. The van der Waals surface area contributed by atoms with Crippen molar-refractivity contribution in [2.45, 2.75) is 70.6 Å². The molecule has 1 aliphatic heterocycles. The Balaban J connectivity index is 1.70. The minimum atomic E-state index is -4.46. The molecule has 0 unspecified atom stereocenters. The van der Waals surface area contributed by atoms with Crippen LogP contribution in [0.5, 0.6) is 0 Å². The van der Waals surface area contributed by atoms with Crippen molar-refractivity contribution in [3.63, 3.8) is 0 Å². The van der Waals surface area contributed by atoms with Crippen molar-refractivity contribution < 1.29 is 26.9 Å². The number of hydrogen-bond acceptors (Lipinski definition) is 9. The van der Waals surface area contributed by atoms with Crippen LogP contribution < -0.4 is 10.9 Å². The topological polar surface area (TPSA) is 165 Å². The van der Waals surface area contributed by atoms with E-state index < -0.39 is 27.7 Å². The fourth-order valence-corrected chi connectivity index (χ4v) is 5.93. The van der Waals surface area contributed by atoms with E-state index in [2.05, 4.69) is 36.7 Å². The van der Waals surface area contributed by atoms with Crippen LogP contribution in [0.3, 0.4) is 0 Å². The number of halogens is 1. The second-order valence-corrected chi connectivity index (χ2v) is 12.4. The van der Waals surface area contributed by atoms with E-state index in [-0.39, 0.29) is 30.7 Å². The number of fused-ring (bicyclic) bond motifs is 2. The minimum Gasteiger partial charge on any atom is -0.383 e. The Morgan fingerprint density at radius 2 is 1.97 bits per heavy atom. The molecule has 0 spiro atoms. The number of carbonyl (C=O) groups excluding carboxylic acids is 1. The maximum atomic E-state index is 12.7. The smallest absolute Gasteiger partial charge is 0.383 e. The van der Waals surface area contributed by atoms with Gasteiger partial charge in [0.15, 0.2) is 5.79 Å². The molecule has 3 heterocycles. The summed E-state index contributed by atoms with van der Waals surface area (Å²) < 4.78 is 42.8. The minimum absolute atomic E-state index is 0.159. The van der Waals surface area contributed by atoms with Crippen molar-refractivity contribution in [1.82, 2.24) is 19.4 Å². The molecule has 14 heteroatoms. The van der Waals surface area contributed by atoms with E-state index in [1.807, 2.05) is 24.6 Å². The number of carbonyl (C=O) groups is 1. The summed E-state index contributed by atoms with van der Waals surface area (Å²) in [4.78, 5) is 22.6. The van der Waals surface area contributed by atoms with Gasteiger partial charge in [0.05, 0.1) is 17.5 Å². The Hall–Kier alpha value is -1.75. The summed E-state index contributed by atoms with van der Waals surface area (Å²) in [6.45, 7) is 9.24. The lowest BCUT2D eigenvalue weighted by Gasteiger charge is -2.37. The van der Waals surface area contributed by atoms with Gasteiger partial charge in [-0.25, -0.2) is 14.8 Å². The molecule has 1 amide bonds. The zero-order valence-electron chi connectivity index (χ0n) is 19.6. The first-order valence-corrected chi connectivity index (χ1v) is 13.3. The molecule has 188 valence electrons. The van der Waals surface area contributed by atoms with E-state index in [9.17, 15) is 13.2 Å². The quantitative estimate of drug-likeness (QED) is 0.495. The third kappa shape index (κ3) is 4.82. The SMILES string of the molecule is CC1(C)O[C@@H]2[C@@H](CN(C(=O)OS(N)(=O)=O)C(C)(C)C)C[C@@H](n3cc(I)c4c(N)ncnc43)[C@@H]2O1. The molecule has 2 fully saturated rings. The summed E-state index contributed by atoms with van der Waals surface area (Å²) in [6.07, 6.45) is 2.28. The molecular formula is C20H29IN6O6S. The van der Waals surface area contributed by atoms with Crippen LogP contribution in [-0.4, -0.2) is 64.0 Å². The number of nitrogen functional groups attached to an aromatic ring is 1. The normalized spacial score (nSPS) is 26.6. The van der Waals surface area contributed by atoms with Crippen LogP contribution in [-0.2, 0) is 24.0 Å². The van der Waals surface area contributed by atoms with Crippen molar-refractivity contribution in [3.05, 3.63) is 16.1 Å². The van der Waals surface area contributed by atoms with Gasteiger partial charge in [0.2, 0.25) is 0 Å². The van der Waals surface area contributed by atoms with Gasteiger partial charge in [-0.3, -0.25) is 0 Å². The molecule has 1 aliphatic carbocycles. The van der Waals surface area contributed by atoms with Crippen LogP contribution in [0.4, 0.5) is 10.6 Å². The monoisotopic (exact) mass is 608 g/mol. The van der Waals surface area contributed by atoms with Crippen LogP contribution in [0.2, 0.25) is 0 Å².